The van der Waals surface area contributed by atoms with Gasteiger partial charge >= 0.3 is 6.03 Å². The Morgan fingerprint density at radius 1 is 1.00 bits per heavy atom. The van der Waals surface area contributed by atoms with Gasteiger partial charge in [-0.2, -0.15) is 0 Å². The average Bonchev–Trinajstić information content (AvgIpc) is 2.72. The predicted molar refractivity (Wildman–Crippen MR) is 118 cm³/mol. The zero-order valence-electron chi connectivity index (χ0n) is 17.9. The summed E-state index contributed by atoms with van der Waals surface area (Å²) in [5, 5.41) is 10.9. The van der Waals surface area contributed by atoms with Gasteiger partial charge in [0.25, 0.3) is 5.91 Å². The summed E-state index contributed by atoms with van der Waals surface area (Å²) in [7, 11) is 1.55. The van der Waals surface area contributed by atoms with Gasteiger partial charge in [0.1, 0.15) is 6.04 Å². The van der Waals surface area contributed by atoms with Crippen LogP contribution in [-0.2, 0) is 11.3 Å². The molecule has 0 radical (unpaired) electrons. The summed E-state index contributed by atoms with van der Waals surface area (Å²) in [6, 6.07) is 13.4. The second kappa shape index (κ2) is 11.0. The molecule has 0 bridgehead atoms. The van der Waals surface area contributed by atoms with Gasteiger partial charge in [-0.25, -0.2) is 4.79 Å². The normalized spacial score (nSPS) is 11.5. The van der Waals surface area contributed by atoms with Crippen molar-refractivity contribution < 1.29 is 14.4 Å². The Labute approximate surface area is 177 Å². The predicted octanol–water partition coefficient (Wildman–Crippen LogP) is 3.21. The lowest BCUT2D eigenvalue weighted by atomic mass is 10.0. The molecule has 4 N–H and O–H groups in total. The van der Waals surface area contributed by atoms with Gasteiger partial charge in [-0.1, -0.05) is 49.7 Å². The smallest absolute Gasteiger partial charge is 0.315 e. The van der Waals surface area contributed by atoms with E-state index in [9.17, 15) is 14.4 Å². The lowest BCUT2D eigenvalue weighted by Gasteiger charge is -2.20. The molecular weight excluding hydrogens is 380 g/mol. The second-order valence-electron chi connectivity index (χ2n) is 7.64. The largest absolute Gasteiger partial charge is 0.355 e. The van der Waals surface area contributed by atoms with Gasteiger partial charge in [0.05, 0.1) is 0 Å². The fourth-order valence-electron chi connectivity index (χ4n) is 2.91. The minimum absolute atomic E-state index is 0.204. The summed E-state index contributed by atoms with van der Waals surface area (Å²) >= 11 is 0. The number of hydrogen-bond donors (Lipinski definition) is 4. The minimum atomic E-state index is -0.702. The molecule has 7 heteroatoms. The third-order valence-electron chi connectivity index (χ3n) is 4.52. The van der Waals surface area contributed by atoms with E-state index in [1.54, 1.807) is 31.3 Å². The molecule has 0 aliphatic rings. The molecule has 160 valence electrons. The number of carbonyl (C=O) groups is 3. The van der Waals surface area contributed by atoms with E-state index < -0.39 is 12.1 Å². The highest BCUT2D eigenvalue weighted by Crippen LogP contribution is 2.13. The van der Waals surface area contributed by atoms with E-state index in [4.69, 9.17) is 0 Å². The fourth-order valence-corrected chi connectivity index (χ4v) is 2.91. The van der Waals surface area contributed by atoms with Crippen molar-refractivity contribution in [1.82, 2.24) is 16.0 Å². The van der Waals surface area contributed by atoms with Crippen molar-refractivity contribution in [1.29, 1.82) is 0 Å². The molecule has 1 atom stereocenters. The molecule has 2 aromatic carbocycles. The number of nitrogens with one attached hydrogen (secondary N) is 4. The molecule has 0 aromatic heterocycles. The molecule has 1 unspecified atom stereocenters. The summed E-state index contributed by atoms with van der Waals surface area (Å²) < 4.78 is 0. The lowest BCUT2D eigenvalue weighted by molar-refractivity contribution is -0.118. The Morgan fingerprint density at radius 3 is 2.33 bits per heavy atom. The van der Waals surface area contributed by atoms with Crippen LogP contribution >= 0.6 is 0 Å². The van der Waals surface area contributed by atoms with E-state index in [-0.39, 0.29) is 17.7 Å². The number of hydrogen-bond acceptors (Lipinski definition) is 3. The summed E-state index contributed by atoms with van der Waals surface area (Å²) in [4.78, 5) is 36.9. The first-order valence-corrected chi connectivity index (χ1v) is 10.0. The van der Waals surface area contributed by atoms with Gasteiger partial charge in [-0.05, 0) is 43.0 Å². The van der Waals surface area contributed by atoms with Gasteiger partial charge in [0.2, 0.25) is 5.91 Å². The summed E-state index contributed by atoms with van der Waals surface area (Å²) in [5.41, 5.74) is 3.07. The van der Waals surface area contributed by atoms with E-state index in [0.717, 1.165) is 11.1 Å². The molecule has 2 rings (SSSR count). The highest BCUT2D eigenvalue weighted by Gasteiger charge is 2.22. The number of urea groups is 1. The summed E-state index contributed by atoms with van der Waals surface area (Å²) in [6.07, 6.45) is 0.485. The van der Waals surface area contributed by atoms with Crippen LogP contribution in [0.4, 0.5) is 10.5 Å². The lowest BCUT2D eigenvalue weighted by Crippen LogP contribution is -2.48. The first-order valence-electron chi connectivity index (χ1n) is 10.0. The Hall–Kier alpha value is -3.35. The van der Waals surface area contributed by atoms with Crippen molar-refractivity contribution in [2.24, 2.45) is 5.92 Å². The van der Waals surface area contributed by atoms with Crippen LogP contribution in [0.15, 0.2) is 48.5 Å². The number of amides is 4. The van der Waals surface area contributed by atoms with Crippen LogP contribution in [0.25, 0.3) is 0 Å². The van der Waals surface area contributed by atoms with Crippen molar-refractivity contribution in [3.8, 4) is 0 Å². The Bertz CT molecular complexity index is 878. The van der Waals surface area contributed by atoms with Gasteiger partial charge in [0.15, 0.2) is 0 Å². The topological polar surface area (TPSA) is 99.3 Å². The molecule has 2 aromatic rings. The molecule has 0 saturated carbocycles. The maximum absolute atomic E-state index is 12.8. The molecule has 4 amide bonds. The van der Waals surface area contributed by atoms with Crippen LogP contribution in [0.5, 0.6) is 0 Å². The molecular formula is C23H30N4O3. The highest BCUT2D eigenvalue weighted by molar-refractivity contribution is 5.99. The third kappa shape index (κ3) is 7.24. The first-order chi connectivity index (χ1) is 14.3. The SMILES string of the molecule is CNC(=O)c1cccc(NC(=O)C(CC(C)C)NC(=O)NCc2ccc(C)cc2)c1. The van der Waals surface area contributed by atoms with Gasteiger partial charge in [-0.15, -0.1) is 0 Å². The van der Waals surface area contributed by atoms with Crippen molar-refractivity contribution >= 4 is 23.5 Å². The summed E-state index contributed by atoms with van der Waals surface area (Å²) in [5.74, 6) is -0.364. The van der Waals surface area contributed by atoms with Crippen molar-refractivity contribution in [2.75, 3.05) is 12.4 Å². The van der Waals surface area contributed by atoms with E-state index in [2.05, 4.69) is 21.3 Å². The van der Waals surface area contributed by atoms with Crippen molar-refractivity contribution in [3.05, 3.63) is 65.2 Å². The number of anilines is 1. The highest BCUT2D eigenvalue weighted by atomic mass is 16.2. The van der Waals surface area contributed by atoms with Crippen LogP contribution in [0.3, 0.4) is 0 Å². The number of carbonyl (C=O) groups excluding carboxylic acids is 3. The van der Waals surface area contributed by atoms with Gasteiger partial charge in [0, 0.05) is 24.8 Å². The zero-order chi connectivity index (χ0) is 22.1. The standard InChI is InChI=1S/C23H30N4O3/c1-15(2)12-20(27-23(30)25-14-17-10-8-16(3)9-11-17)22(29)26-19-7-5-6-18(13-19)21(28)24-4/h5-11,13,15,20H,12,14H2,1-4H3,(H,24,28)(H,26,29)(H2,25,27,30). The van der Waals surface area contributed by atoms with Crippen LogP contribution in [0.2, 0.25) is 0 Å². The van der Waals surface area contributed by atoms with Gasteiger partial charge < -0.3 is 21.3 Å². The Morgan fingerprint density at radius 2 is 1.70 bits per heavy atom. The molecule has 0 fully saturated rings. The van der Waals surface area contributed by atoms with Crippen molar-refractivity contribution in [3.63, 3.8) is 0 Å². The molecule has 0 saturated heterocycles. The molecule has 30 heavy (non-hydrogen) atoms. The first kappa shape index (κ1) is 22.9. The zero-order valence-corrected chi connectivity index (χ0v) is 17.9. The van der Waals surface area contributed by atoms with Gasteiger partial charge in [-0.3, -0.25) is 9.59 Å². The Kier molecular flexibility index (Phi) is 8.41. The quantitative estimate of drug-likeness (QED) is 0.538. The van der Waals surface area contributed by atoms with Crippen molar-refractivity contribution in [2.45, 2.75) is 39.8 Å². The fraction of sp³-hybridized carbons (Fsp3) is 0.348. The maximum atomic E-state index is 12.8. The minimum Gasteiger partial charge on any atom is -0.355 e. The number of rotatable bonds is 8. The summed E-state index contributed by atoms with van der Waals surface area (Å²) in [6.45, 7) is 6.34. The molecule has 0 aliphatic heterocycles. The van der Waals surface area contributed by atoms with E-state index in [1.807, 2.05) is 45.0 Å². The number of aryl methyl sites for hydroxylation is 1. The molecule has 0 aliphatic carbocycles. The molecule has 0 spiro atoms. The van der Waals surface area contributed by atoms with E-state index in [1.165, 1.54) is 0 Å². The second-order valence-corrected chi connectivity index (χ2v) is 7.64. The third-order valence-corrected chi connectivity index (χ3v) is 4.52. The van der Waals surface area contributed by atoms with E-state index in [0.29, 0.717) is 24.2 Å². The molecule has 7 nitrogen and oxygen atoms in total. The molecule has 0 heterocycles. The maximum Gasteiger partial charge on any atom is 0.315 e. The number of benzene rings is 2. The van der Waals surface area contributed by atoms with E-state index >= 15 is 0 Å². The monoisotopic (exact) mass is 410 g/mol. The Balaban J connectivity index is 1.99. The van der Waals surface area contributed by atoms with Crippen LogP contribution in [-0.4, -0.2) is 30.9 Å². The van der Waals surface area contributed by atoms with Crippen LogP contribution in [0.1, 0.15) is 41.8 Å². The van der Waals surface area contributed by atoms with Crippen LogP contribution < -0.4 is 21.3 Å². The van der Waals surface area contributed by atoms with Crippen LogP contribution in [0, 0.1) is 12.8 Å². The average molecular weight is 411 g/mol.